The largest absolute Gasteiger partial charge is 0.399 e. The van der Waals surface area contributed by atoms with Gasteiger partial charge in [0.15, 0.2) is 0 Å². The van der Waals surface area contributed by atoms with E-state index in [1.165, 1.54) is 0 Å². The zero-order valence-corrected chi connectivity index (χ0v) is 8.80. The van der Waals surface area contributed by atoms with E-state index in [0.717, 1.165) is 10.2 Å². The molecule has 0 aliphatic carbocycles. The molecular weight excluding hydrogens is 251 g/mol. The van der Waals surface area contributed by atoms with Crippen molar-refractivity contribution in [1.82, 2.24) is 0 Å². The van der Waals surface area contributed by atoms with Gasteiger partial charge in [0.05, 0.1) is 0 Å². The van der Waals surface area contributed by atoms with Crippen molar-refractivity contribution in [3.05, 3.63) is 22.7 Å². The highest BCUT2D eigenvalue weighted by Crippen LogP contribution is 2.20. The van der Waals surface area contributed by atoms with Crippen LogP contribution in [0.1, 0.15) is 0 Å². The predicted octanol–water partition coefficient (Wildman–Crippen LogP) is 2.46. The number of rotatable bonds is 0. The minimum absolute atomic E-state index is 0. The molecule has 0 radical (unpaired) electrons. The molecule has 5 heteroatoms. The number of hydrogen-bond donors (Lipinski definition) is 2. The summed E-state index contributed by atoms with van der Waals surface area (Å²) in [4.78, 5) is 0. The fourth-order valence-electron chi connectivity index (χ4n) is 0.543. The normalized spacial score (nSPS) is 7.73. The van der Waals surface area contributed by atoms with Crippen LogP contribution in [0.15, 0.2) is 22.7 Å². The number of hydrogen-bond acceptors (Lipinski definition) is 2. The average Bonchev–Trinajstić information content (AvgIpc) is 1.80. The van der Waals surface area contributed by atoms with Gasteiger partial charge in [-0.1, -0.05) is 0 Å². The quantitative estimate of drug-likeness (QED) is 0.704. The summed E-state index contributed by atoms with van der Waals surface area (Å²) in [6.07, 6.45) is 0. The Balaban J connectivity index is 0. The summed E-state index contributed by atoms with van der Waals surface area (Å²) < 4.78 is 0.850. The molecule has 0 saturated carbocycles. The van der Waals surface area contributed by atoms with E-state index < -0.39 is 0 Å². The maximum atomic E-state index is 5.49. The predicted molar refractivity (Wildman–Crippen MR) is 57.5 cm³/mol. The second kappa shape index (κ2) is 5.52. The average molecular weight is 260 g/mol. The Morgan fingerprint density at radius 2 is 1.64 bits per heavy atom. The maximum Gasteiger partial charge on any atom is 0.0460 e. The molecule has 0 heterocycles. The van der Waals surface area contributed by atoms with Gasteiger partial charge in [-0.3, -0.25) is 0 Å². The maximum absolute atomic E-state index is 5.49. The second-order valence-electron chi connectivity index (χ2n) is 1.78. The summed E-state index contributed by atoms with van der Waals surface area (Å²) in [5.74, 6) is 0. The van der Waals surface area contributed by atoms with Gasteiger partial charge in [-0.05, 0) is 34.1 Å². The lowest BCUT2D eigenvalue weighted by Gasteiger charge is -1.96. The van der Waals surface area contributed by atoms with E-state index in [1.54, 1.807) is 18.2 Å². The molecule has 0 aliphatic heterocycles. The van der Waals surface area contributed by atoms with Crippen LogP contribution >= 0.6 is 40.7 Å². The van der Waals surface area contributed by atoms with Gasteiger partial charge in [-0.2, -0.15) is 0 Å². The van der Waals surface area contributed by atoms with Crippen LogP contribution in [0.5, 0.6) is 0 Å². The van der Waals surface area contributed by atoms with E-state index in [4.69, 9.17) is 11.5 Å². The zero-order valence-electron chi connectivity index (χ0n) is 5.58. The molecule has 64 valence electrons. The number of anilines is 2. The Morgan fingerprint density at radius 3 is 2.00 bits per heavy atom. The number of benzene rings is 1. The third-order valence-electron chi connectivity index (χ3n) is 1.02. The third-order valence-corrected chi connectivity index (χ3v) is 1.71. The van der Waals surface area contributed by atoms with Crippen molar-refractivity contribution >= 4 is 52.1 Å². The van der Waals surface area contributed by atoms with Crippen LogP contribution in [0.4, 0.5) is 11.4 Å². The molecule has 0 bridgehead atoms. The van der Waals surface area contributed by atoms with Gasteiger partial charge in [0.2, 0.25) is 0 Å². The number of halogens is 3. The summed E-state index contributed by atoms with van der Waals surface area (Å²) in [5.41, 5.74) is 12.4. The molecular formula is C6H9BrCl2N2. The van der Waals surface area contributed by atoms with Crippen LogP contribution in [-0.4, -0.2) is 0 Å². The lowest BCUT2D eigenvalue weighted by atomic mass is 10.3. The summed E-state index contributed by atoms with van der Waals surface area (Å²) in [6.45, 7) is 0. The van der Waals surface area contributed by atoms with Crippen molar-refractivity contribution in [3.8, 4) is 0 Å². The van der Waals surface area contributed by atoms with Crippen LogP contribution in [0.25, 0.3) is 0 Å². The van der Waals surface area contributed by atoms with Gasteiger partial charge < -0.3 is 11.5 Å². The first-order valence-corrected chi connectivity index (χ1v) is 3.30. The molecule has 11 heavy (non-hydrogen) atoms. The van der Waals surface area contributed by atoms with Crippen molar-refractivity contribution in [3.63, 3.8) is 0 Å². The summed E-state index contributed by atoms with van der Waals surface area (Å²) >= 11 is 3.24. The minimum Gasteiger partial charge on any atom is -0.399 e. The van der Waals surface area contributed by atoms with Crippen LogP contribution < -0.4 is 11.5 Å². The van der Waals surface area contributed by atoms with Crippen molar-refractivity contribution in [2.75, 3.05) is 11.5 Å². The number of nitrogens with two attached hydrogens (primary N) is 2. The number of nitrogen functional groups attached to an aromatic ring is 2. The molecule has 2 nitrogen and oxygen atoms in total. The Labute approximate surface area is 86.3 Å². The molecule has 1 aromatic rings. The molecule has 0 spiro atoms. The van der Waals surface area contributed by atoms with E-state index >= 15 is 0 Å². The smallest absolute Gasteiger partial charge is 0.0460 e. The second-order valence-corrected chi connectivity index (χ2v) is 2.64. The topological polar surface area (TPSA) is 52.0 Å². The van der Waals surface area contributed by atoms with Crippen molar-refractivity contribution in [1.29, 1.82) is 0 Å². The van der Waals surface area contributed by atoms with E-state index in [9.17, 15) is 0 Å². The van der Waals surface area contributed by atoms with Crippen molar-refractivity contribution in [2.24, 2.45) is 0 Å². The Kier molecular flexibility index (Phi) is 6.76. The summed E-state index contributed by atoms with van der Waals surface area (Å²) in [5, 5.41) is 0. The standard InChI is InChI=1S/C6H7BrN2.2ClH/c7-5-3-4(8)1-2-6(5)9;;/h1-3H,8-9H2;2*1H. The van der Waals surface area contributed by atoms with Crippen LogP contribution in [0.2, 0.25) is 0 Å². The van der Waals surface area contributed by atoms with Crippen LogP contribution in [-0.2, 0) is 0 Å². The van der Waals surface area contributed by atoms with E-state index in [1.807, 2.05) is 0 Å². The van der Waals surface area contributed by atoms with E-state index in [2.05, 4.69) is 15.9 Å². The first-order valence-electron chi connectivity index (χ1n) is 2.50. The lowest BCUT2D eigenvalue weighted by molar-refractivity contribution is 1.62. The van der Waals surface area contributed by atoms with Crippen LogP contribution in [0, 0.1) is 0 Å². The molecule has 0 atom stereocenters. The van der Waals surface area contributed by atoms with E-state index in [-0.39, 0.29) is 24.8 Å². The van der Waals surface area contributed by atoms with Gasteiger partial charge in [0.25, 0.3) is 0 Å². The van der Waals surface area contributed by atoms with Gasteiger partial charge in [-0.15, -0.1) is 24.8 Å². The monoisotopic (exact) mass is 258 g/mol. The van der Waals surface area contributed by atoms with Gasteiger partial charge >= 0.3 is 0 Å². The van der Waals surface area contributed by atoms with E-state index in [0.29, 0.717) is 5.69 Å². The highest BCUT2D eigenvalue weighted by atomic mass is 79.9. The third kappa shape index (κ3) is 3.70. The summed E-state index contributed by atoms with van der Waals surface area (Å²) in [6, 6.07) is 5.30. The Morgan fingerprint density at radius 1 is 1.09 bits per heavy atom. The molecule has 0 amide bonds. The first kappa shape index (κ1) is 13.5. The molecule has 1 rings (SSSR count). The molecule has 0 aromatic heterocycles. The highest BCUT2D eigenvalue weighted by molar-refractivity contribution is 9.10. The summed E-state index contributed by atoms with van der Waals surface area (Å²) in [7, 11) is 0. The SMILES string of the molecule is Cl.Cl.Nc1ccc(N)c(Br)c1. The highest BCUT2D eigenvalue weighted by Gasteiger charge is 1.92. The molecule has 1 aromatic carbocycles. The lowest BCUT2D eigenvalue weighted by Crippen LogP contribution is -1.88. The zero-order chi connectivity index (χ0) is 6.85. The Hall–Kier alpha value is -0.120. The fourth-order valence-corrected chi connectivity index (χ4v) is 0.940. The van der Waals surface area contributed by atoms with Gasteiger partial charge in [0, 0.05) is 15.8 Å². The minimum atomic E-state index is 0. The van der Waals surface area contributed by atoms with Gasteiger partial charge in [0.1, 0.15) is 0 Å². The molecule has 0 saturated heterocycles. The molecule has 0 aliphatic rings. The van der Waals surface area contributed by atoms with Gasteiger partial charge in [-0.25, -0.2) is 0 Å². The molecule has 4 N–H and O–H groups in total. The van der Waals surface area contributed by atoms with Crippen molar-refractivity contribution in [2.45, 2.75) is 0 Å². The van der Waals surface area contributed by atoms with Crippen LogP contribution in [0.3, 0.4) is 0 Å². The Bertz CT molecular complexity index is 230. The molecule has 0 fully saturated rings. The van der Waals surface area contributed by atoms with Crippen molar-refractivity contribution < 1.29 is 0 Å². The first-order chi connectivity index (χ1) is 4.20. The fraction of sp³-hybridized carbons (Fsp3) is 0. The molecule has 0 unspecified atom stereocenters.